The lowest BCUT2D eigenvalue weighted by Crippen LogP contribution is -2.34. The quantitative estimate of drug-likeness (QED) is 0.885. The van der Waals surface area contributed by atoms with Gasteiger partial charge in [-0.3, -0.25) is 0 Å². The van der Waals surface area contributed by atoms with Crippen molar-refractivity contribution in [2.24, 2.45) is 0 Å². The molecule has 100 valence electrons. The molecular formula is C13H18ClNO3. The molecule has 0 aromatic heterocycles. The van der Waals surface area contributed by atoms with Crippen LogP contribution >= 0.6 is 11.6 Å². The molecule has 1 aromatic rings. The third-order valence-corrected chi connectivity index (χ3v) is 2.63. The Hall–Kier alpha value is -1.26. The Morgan fingerprint density at radius 1 is 1.33 bits per heavy atom. The number of carbonyl (C=O) groups excluding carboxylic acids is 1. The Balaban J connectivity index is 2.84. The van der Waals surface area contributed by atoms with Crippen LogP contribution in [0.3, 0.4) is 0 Å². The van der Waals surface area contributed by atoms with E-state index in [1.807, 2.05) is 13.8 Å². The molecule has 2 N–H and O–H groups in total. The maximum Gasteiger partial charge on any atom is 0.408 e. The van der Waals surface area contributed by atoms with E-state index in [9.17, 15) is 9.90 Å². The highest BCUT2D eigenvalue weighted by atomic mass is 35.5. The van der Waals surface area contributed by atoms with Crippen LogP contribution in [0.4, 0.5) is 4.79 Å². The Morgan fingerprint density at radius 2 is 1.94 bits per heavy atom. The van der Waals surface area contributed by atoms with Gasteiger partial charge in [0.2, 0.25) is 0 Å². The number of ether oxygens (including phenoxy) is 1. The van der Waals surface area contributed by atoms with Gasteiger partial charge in [0.1, 0.15) is 0 Å². The molecule has 0 saturated carbocycles. The Bertz CT molecular complexity index is 407. The van der Waals surface area contributed by atoms with Crippen molar-refractivity contribution in [3.05, 3.63) is 34.9 Å². The lowest BCUT2D eigenvalue weighted by Gasteiger charge is -2.22. The number of hydrogen-bond acceptors (Lipinski definition) is 3. The van der Waals surface area contributed by atoms with Crippen molar-refractivity contribution in [2.75, 3.05) is 0 Å². The molecular weight excluding hydrogens is 254 g/mol. The Labute approximate surface area is 112 Å². The van der Waals surface area contributed by atoms with Crippen molar-refractivity contribution in [3.8, 4) is 0 Å². The average molecular weight is 272 g/mol. The zero-order valence-electron chi connectivity index (χ0n) is 10.7. The third-order valence-electron chi connectivity index (χ3n) is 2.29. The summed E-state index contributed by atoms with van der Waals surface area (Å²) < 4.78 is 5.21. The molecule has 0 heterocycles. The van der Waals surface area contributed by atoms with E-state index in [4.69, 9.17) is 16.3 Å². The van der Waals surface area contributed by atoms with E-state index in [2.05, 4.69) is 5.32 Å². The Morgan fingerprint density at radius 3 is 2.44 bits per heavy atom. The van der Waals surface area contributed by atoms with Crippen LogP contribution < -0.4 is 5.32 Å². The molecule has 0 unspecified atom stereocenters. The van der Waals surface area contributed by atoms with Crippen LogP contribution in [0, 0.1) is 0 Å². The molecule has 1 rings (SSSR count). The lowest BCUT2D eigenvalue weighted by molar-refractivity contribution is 0.00995. The van der Waals surface area contributed by atoms with Crippen molar-refractivity contribution >= 4 is 17.7 Å². The van der Waals surface area contributed by atoms with Gasteiger partial charge >= 0.3 is 6.09 Å². The normalized spacial score (nSPS) is 14.1. The molecule has 0 fully saturated rings. The summed E-state index contributed by atoms with van der Waals surface area (Å²) in [4.78, 5) is 11.6. The number of carbonyl (C=O) groups is 1. The fourth-order valence-electron chi connectivity index (χ4n) is 1.51. The first kappa shape index (κ1) is 14.8. The molecule has 4 nitrogen and oxygen atoms in total. The molecule has 1 aromatic carbocycles. The smallest absolute Gasteiger partial charge is 0.408 e. The highest BCUT2D eigenvalue weighted by Crippen LogP contribution is 2.28. The van der Waals surface area contributed by atoms with Gasteiger partial charge in [-0.25, -0.2) is 4.79 Å². The van der Waals surface area contributed by atoms with Crippen molar-refractivity contribution in [1.82, 2.24) is 5.32 Å². The van der Waals surface area contributed by atoms with Gasteiger partial charge in [-0.1, -0.05) is 29.8 Å². The van der Waals surface area contributed by atoms with Crippen LogP contribution in [0.2, 0.25) is 5.02 Å². The number of alkyl carbamates (subject to hydrolysis) is 1. The first-order valence-corrected chi connectivity index (χ1v) is 6.19. The van der Waals surface area contributed by atoms with E-state index in [0.29, 0.717) is 10.6 Å². The van der Waals surface area contributed by atoms with Crippen LogP contribution in [0.5, 0.6) is 0 Å². The highest BCUT2D eigenvalue weighted by Gasteiger charge is 2.24. The first-order valence-electron chi connectivity index (χ1n) is 5.81. The van der Waals surface area contributed by atoms with E-state index in [-0.39, 0.29) is 6.04 Å². The van der Waals surface area contributed by atoms with Crippen molar-refractivity contribution in [1.29, 1.82) is 0 Å². The van der Waals surface area contributed by atoms with E-state index in [1.54, 1.807) is 31.2 Å². The second-order valence-corrected chi connectivity index (χ2v) is 4.79. The molecule has 0 bridgehead atoms. The number of aliphatic hydroxyl groups excluding tert-OH is 1. The van der Waals surface area contributed by atoms with Crippen LogP contribution in [0.1, 0.15) is 32.4 Å². The summed E-state index contributed by atoms with van der Waals surface area (Å²) in [5, 5.41) is 12.8. The molecule has 0 aliphatic rings. The second-order valence-electron chi connectivity index (χ2n) is 4.39. The summed E-state index contributed by atoms with van der Waals surface area (Å²) in [5.41, 5.74) is 0.591. The van der Waals surface area contributed by atoms with E-state index >= 15 is 0 Å². The Kier molecular flexibility index (Phi) is 5.44. The molecule has 0 aliphatic heterocycles. The fraction of sp³-hybridized carbons (Fsp3) is 0.462. The van der Waals surface area contributed by atoms with E-state index < -0.39 is 18.3 Å². The zero-order valence-corrected chi connectivity index (χ0v) is 11.4. The molecule has 0 spiro atoms. The van der Waals surface area contributed by atoms with Gasteiger partial charge in [-0.2, -0.15) is 0 Å². The van der Waals surface area contributed by atoms with E-state index in [1.165, 1.54) is 0 Å². The van der Waals surface area contributed by atoms with Crippen LogP contribution in [0.25, 0.3) is 0 Å². The summed E-state index contributed by atoms with van der Waals surface area (Å²) in [6, 6.07) is 6.94. The van der Waals surface area contributed by atoms with Crippen molar-refractivity contribution < 1.29 is 14.6 Å². The number of hydrogen-bond donors (Lipinski definition) is 2. The minimum atomic E-state index is -0.845. The number of rotatable bonds is 4. The van der Waals surface area contributed by atoms with E-state index in [0.717, 1.165) is 0 Å². The van der Waals surface area contributed by atoms with Gasteiger partial charge in [0, 0.05) is 16.6 Å². The first-order chi connectivity index (χ1) is 8.41. The van der Waals surface area contributed by atoms with Crippen LogP contribution in [-0.4, -0.2) is 23.3 Å². The third kappa shape index (κ3) is 4.20. The maximum absolute atomic E-state index is 11.6. The topological polar surface area (TPSA) is 58.6 Å². The average Bonchev–Trinajstić information content (AvgIpc) is 2.25. The summed E-state index contributed by atoms with van der Waals surface area (Å²) in [7, 11) is 0. The predicted molar refractivity (Wildman–Crippen MR) is 70.6 cm³/mol. The SMILES string of the molecule is CC(C)NC(=O)O[C@@H](c1ccccc1Cl)[C@H](C)O. The molecule has 0 saturated heterocycles. The minimum Gasteiger partial charge on any atom is -0.439 e. The van der Waals surface area contributed by atoms with Gasteiger partial charge in [-0.05, 0) is 26.8 Å². The number of aliphatic hydroxyl groups is 1. The standard InChI is InChI=1S/C13H18ClNO3/c1-8(2)15-13(17)18-12(9(3)16)10-6-4-5-7-11(10)14/h4-9,12,16H,1-3H3,(H,15,17)/t9-,12+/m0/s1. The largest absolute Gasteiger partial charge is 0.439 e. The zero-order chi connectivity index (χ0) is 13.7. The van der Waals surface area contributed by atoms with Gasteiger partial charge in [-0.15, -0.1) is 0 Å². The van der Waals surface area contributed by atoms with Crippen LogP contribution in [0.15, 0.2) is 24.3 Å². The van der Waals surface area contributed by atoms with Gasteiger partial charge in [0.05, 0.1) is 6.10 Å². The molecule has 5 heteroatoms. The summed E-state index contributed by atoms with van der Waals surface area (Å²) in [5.74, 6) is 0. The summed E-state index contributed by atoms with van der Waals surface area (Å²) >= 11 is 6.03. The predicted octanol–water partition coefficient (Wildman–Crippen LogP) is 2.90. The number of nitrogens with one attached hydrogen (secondary N) is 1. The monoisotopic (exact) mass is 271 g/mol. The number of benzene rings is 1. The molecule has 2 atom stereocenters. The lowest BCUT2D eigenvalue weighted by atomic mass is 10.1. The maximum atomic E-state index is 11.6. The number of amides is 1. The number of halogens is 1. The van der Waals surface area contributed by atoms with Gasteiger partial charge in [0.15, 0.2) is 6.10 Å². The molecule has 0 aliphatic carbocycles. The van der Waals surface area contributed by atoms with Crippen molar-refractivity contribution in [3.63, 3.8) is 0 Å². The van der Waals surface area contributed by atoms with Gasteiger partial charge in [0.25, 0.3) is 0 Å². The highest BCUT2D eigenvalue weighted by molar-refractivity contribution is 6.31. The second kappa shape index (κ2) is 6.61. The van der Waals surface area contributed by atoms with Crippen LogP contribution in [-0.2, 0) is 4.74 Å². The molecule has 1 amide bonds. The molecule has 18 heavy (non-hydrogen) atoms. The fourth-order valence-corrected chi connectivity index (χ4v) is 1.76. The van der Waals surface area contributed by atoms with Crippen molar-refractivity contribution in [2.45, 2.75) is 39.0 Å². The summed E-state index contributed by atoms with van der Waals surface area (Å²) in [6.45, 7) is 5.21. The molecule has 0 radical (unpaired) electrons. The summed E-state index contributed by atoms with van der Waals surface area (Å²) in [6.07, 6.45) is -2.20. The van der Waals surface area contributed by atoms with Gasteiger partial charge < -0.3 is 15.2 Å². The minimum absolute atomic E-state index is 0.0293.